The zero-order valence-corrected chi connectivity index (χ0v) is 21.0. The maximum absolute atomic E-state index is 14.7. The third-order valence-corrected chi connectivity index (χ3v) is 6.91. The van der Waals surface area contributed by atoms with E-state index in [4.69, 9.17) is 10.1 Å². The van der Waals surface area contributed by atoms with Crippen LogP contribution in [-0.2, 0) is 9.71 Å². The first-order chi connectivity index (χ1) is 17.4. The Hall–Kier alpha value is -3.69. The predicted octanol–water partition coefficient (Wildman–Crippen LogP) is 3.96. The average molecular weight is 516 g/mol. The Labute approximate surface area is 212 Å². The molecule has 0 saturated heterocycles. The van der Waals surface area contributed by atoms with Crippen LogP contribution in [0.15, 0.2) is 58.6 Å². The summed E-state index contributed by atoms with van der Waals surface area (Å²) in [4.78, 5) is 21.7. The van der Waals surface area contributed by atoms with Gasteiger partial charge in [0.05, 0.1) is 7.11 Å². The van der Waals surface area contributed by atoms with Crippen LogP contribution in [0.25, 0.3) is 0 Å². The second-order valence-electron chi connectivity index (χ2n) is 7.59. The molecule has 3 rings (SSSR count). The quantitative estimate of drug-likeness (QED) is 0.138. The normalized spacial score (nSPS) is 17.4. The van der Waals surface area contributed by atoms with Crippen molar-refractivity contribution < 1.29 is 18.4 Å². The molecule has 0 bridgehead atoms. The van der Waals surface area contributed by atoms with Crippen LogP contribution >= 0.6 is 11.8 Å². The first kappa shape index (κ1) is 26.9. The van der Waals surface area contributed by atoms with Crippen molar-refractivity contribution in [3.8, 4) is 6.19 Å². The van der Waals surface area contributed by atoms with Crippen molar-refractivity contribution in [2.75, 3.05) is 27.2 Å². The van der Waals surface area contributed by atoms with Crippen molar-refractivity contribution >= 4 is 28.8 Å². The molecule has 2 N–H and O–H groups in total. The number of guanidine groups is 1. The molecule has 0 aromatic heterocycles. The minimum absolute atomic E-state index is 0.0344. The van der Waals surface area contributed by atoms with Gasteiger partial charge in [0.15, 0.2) is 6.19 Å². The van der Waals surface area contributed by atoms with E-state index in [2.05, 4.69) is 20.7 Å². The smallest absolute Gasteiger partial charge is 0.356 e. The molecule has 1 heterocycles. The number of hydroxylamine groups is 2. The fourth-order valence-electron chi connectivity index (χ4n) is 3.76. The lowest BCUT2D eigenvalue weighted by Gasteiger charge is -2.37. The molecule has 2 aromatic rings. The molecule has 2 aromatic carbocycles. The predicted molar refractivity (Wildman–Crippen MR) is 135 cm³/mol. The number of aliphatic imine (C=N–C) groups is 1. The maximum Gasteiger partial charge on any atom is 0.366 e. The van der Waals surface area contributed by atoms with Crippen LogP contribution in [0.1, 0.15) is 30.9 Å². The summed E-state index contributed by atoms with van der Waals surface area (Å²) < 4.78 is 28.8. The summed E-state index contributed by atoms with van der Waals surface area (Å²) in [5, 5.41) is 21.4. The number of thioether (sulfide) groups is 1. The minimum atomic E-state index is -1.08. The number of urea groups is 1. The fourth-order valence-corrected chi connectivity index (χ4v) is 5.17. The number of nitriles is 1. The van der Waals surface area contributed by atoms with Gasteiger partial charge >= 0.3 is 6.03 Å². The molecule has 0 radical (unpaired) electrons. The highest BCUT2D eigenvalue weighted by molar-refractivity contribution is 8.15. The summed E-state index contributed by atoms with van der Waals surface area (Å²) in [7, 11) is 2.92. The number of nitrogens with one attached hydrogen (secondary N) is 2. The number of nitrogens with zero attached hydrogens (tertiary/aromatic N) is 5. The average Bonchev–Trinajstić information content (AvgIpc) is 3.29. The van der Waals surface area contributed by atoms with Gasteiger partial charge in [-0.05, 0) is 43.5 Å². The van der Waals surface area contributed by atoms with E-state index in [9.17, 15) is 13.6 Å². The van der Waals surface area contributed by atoms with Gasteiger partial charge in [-0.15, -0.1) is 0 Å². The van der Waals surface area contributed by atoms with Gasteiger partial charge in [0.2, 0.25) is 5.96 Å². The van der Waals surface area contributed by atoms with Crippen LogP contribution in [0, 0.1) is 23.1 Å². The van der Waals surface area contributed by atoms with Crippen LogP contribution in [0.4, 0.5) is 13.6 Å². The molecular formula is C24H27F2N7O2S. The summed E-state index contributed by atoms with van der Waals surface area (Å²) in [6.07, 6.45) is 2.71. The highest BCUT2D eigenvalue weighted by Gasteiger charge is 2.50. The molecule has 1 atom stereocenters. The largest absolute Gasteiger partial charge is 0.366 e. The Balaban J connectivity index is 2.04. The van der Waals surface area contributed by atoms with Gasteiger partial charge in [0, 0.05) is 25.7 Å². The van der Waals surface area contributed by atoms with E-state index < -0.39 is 22.5 Å². The molecule has 0 aliphatic carbocycles. The van der Waals surface area contributed by atoms with Gasteiger partial charge in [-0.3, -0.25) is 15.1 Å². The van der Waals surface area contributed by atoms with E-state index in [0.29, 0.717) is 25.3 Å². The molecule has 0 spiro atoms. The van der Waals surface area contributed by atoms with E-state index in [1.807, 2.05) is 36.5 Å². The van der Waals surface area contributed by atoms with Crippen LogP contribution in [0.5, 0.6) is 0 Å². The summed E-state index contributed by atoms with van der Waals surface area (Å²) in [5.74, 6) is -0.947. The van der Waals surface area contributed by atoms with Crippen molar-refractivity contribution in [3.05, 3.63) is 71.3 Å². The van der Waals surface area contributed by atoms with Gasteiger partial charge in [0.1, 0.15) is 21.5 Å². The van der Waals surface area contributed by atoms with Crippen molar-refractivity contribution in [1.82, 2.24) is 20.7 Å². The van der Waals surface area contributed by atoms with Crippen molar-refractivity contribution in [3.63, 3.8) is 0 Å². The summed E-state index contributed by atoms with van der Waals surface area (Å²) in [6, 6.07) is 11.8. The second kappa shape index (κ2) is 12.3. The zero-order chi connectivity index (χ0) is 26.1. The molecule has 12 heteroatoms. The van der Waals surface area contributed by atoms with Crippen LogP contribution in [-0.4, -0.2) is 54.4 Å². The SMILES string of the molecule is CCN(OC)C(=O)N1N=C(c2cc(F)ccc2F)SC1(CCCNC(=NC)NC#N)c1ccccc1. The lowest BCUT2D eigenvalue weighted by Crippen LogP contribution is -2.48. The number of carbonyl (C=O) groups is 1. The monoisotopic (exact) mass is 515 g/mol. The number of hydrazone groups is 1. The summed E-state index contributed by atoms with van der Waals surface area (Å²) in [5.41, 5.74) is 0.721. The third kappa shape index (κ3) is 5.75. The Kier molecular flexibility index (Phi) is 9.21. The van der Waals surface area contributed by atoms with Gasteiger partial charge in [0.25, 0.3) is 0 Å². The molecular weight excluding hydrogens is 488 g/mol. The Morgan fingerprint density at radius 2 is 2.06 bits per heavy atom. The van der Waals surface area contributed by atoms with E-state index >= 15 is 0 Å². The molecule has 9 nitrogen and oxygen atoms in total. The van der Waals surface area contributed by atoms with E-state index in [1.54, 1.807) is 14.0 Å². The molecule has 1 aliphatic heterocycles. The number of amides is 2. The van der Waals surface area contributed by atoms with E-state index in [1.165, 1.54) is 23.9 Å². The second-order valence-corrected chi connectivity index (χ2v) is 8.86. The Morgan fingerprint density at radius 3 is 2.69 bits per heavy atom. The Bertz CT molecular complexity index is 1170. The first-order valence-electron chi connectivity index (χ1n) is 11.2. The number of rotatable bonds is 8. The van der Waals surface area contributed by atoms with Crippen LogP contribution < -0.4 is 10.6 Å². The van der Waals surface area contributed by atoms with Gasteiger partial charge in [-0.2, -0.15) is 15.4 Å². The molecule has 0 fully saturated rings. The number of hydrogen-bond acceptors (Lipinski definition) is 6. The molecule has 2 amide bonds. The molecule has 36 heavy (non-hydrogen) atoms. The van der Waals surface area contributed by atoms with Crippen molar-refractivity contribution in [2.45, 2.75) is 24.6 Å². The van der Waals surface area contributed by atoms with Gasteiger partial charge in [-0.25, -0.2) is 18.6 Å². The molecule has 1 unspecified atom stereocenters. The lowest BCUT2D eigenvalue weighted by atomic mass is 10.0. The number of halogens is 2. The maximum atomic E-state index is 14.7. The van der Waals surface area contributed by atoms with E-state index in [0.717, 1.165) is 28.8 Å². The van der Waals surface area contributed by atoms with E-state index in [-0.39, 0.29) is 17.2 Å². The molecule has 1 aliphatic rings. The number of carbonyl (C=O) groups excluding carboxylic acids is 1. The molecule has 0 saturated carbocycles. The van der Waals surface area contributed by atoms with Gasteiger partial charge in [-0.1, -0.05) is 42.1 Å². The third-order valence-electron chi connectivity index (χ3n) is 5.47. The standard InChI is InChI=1S/C24H27F2N7O2S/c1-4-32(35-3)23(34)33-24(17-9-6-5-7-10-17,13-8-14-29-22(28-2)30-16-27)36-21(31-33)19-15-18(25)11-12-20(19)26/h5-7,9-12,15H,4,8,13-14H2,1-3H3,(H2,28,29,30). The first-order valence-corrected chi connectivity index (χ1v) is 12.0. The minimum Gasteiger partial charge on any atom is -0.356 e. The lowest BCUT2D eigenvalue weighted by molar-refractivity contribution is -0.0969. The highest BCUT2D eigenvalue weighted by Crippen LogP contribution is 2.51. The summed E-state index contributed by atoms with van der Waals surface area (Å²) >= 11 is 1.18. The van der Waals surface area contributed by atoms with Crippen molar-refractivity contribution in [2.24, 2.45) is 10.1 Å². The molecule has 190 valence electrons. The highest BCUT2D eigenvalue weighted by atomic mass is 32.2. The Morgan fingerprint density at radius 1 is 1.31 bits per heavy atom. The zero-order valence-electron chi connectivity index (χ0n) is 20.2. The number of hydrogen-bond donors (Lipinski definition) is 2. The summed E-state index contributed by atoms with van der Waals surface area (Å²) in [6.45, 7) is 2.42. The van der Waals surface area contributed by atoms with Crippen molar-refractivity contribution in [1.29, 1.82) is 5.26 Å². The van der Waals surface area contributed by atoms with Crippen LogP contribution in [0.2, 0.25) is 0 Å². The van der Waals surface area contributed by atoms with Gasteiger partial charge < -0.3 is 5.32 Å². The fraction of sp³-hybridized carbons (Fsp3) is 0.333. The topological polar surface area (TPSA) is 105 Å². The number of benzene rings is 2. The van der Waals surface area contributed by atoms with Crippen LogP contribution in [0.3, 0.4) is 0 Å².